The van der Waals surface area contributed by atoms with E-state index in [1.807, 2.05) is 0 Å². The SMILES string of the molecule is CC1(Cn2c(SCC(=O)O)nc3cc(I)ccc32)CCC1. The topological polar surface area (TPSA) is 55.1 Å². The number of hydrogen-bond acceptors (Lipinski definition) is 3. The standard InChI is InChI=1S/C15H17IN2O2S/c1-15(5-2-6-15)9-18-12-4-3-10(16)7-11(12)17-14(18)21-8-13(19)20/h3-4,7H,2,5-6,8-9H2,1H3,(H,19,20). The maximum atomic E-state index is 10.8. The van der Waals surface area contributed by atoms with Crippen LogP contribution in [0, 0.1) is 8.99 Å². The molecule has 4 nitrogen and oxygen atoms in total. The highest BCUT2D eigenvalue weighted by Gasteiger charge is 2.33. The summed E-state index contributed by atoms with van der Waals surface area (Å²) in [6.07, 6.45) is 3.76. The number of fused-ring (bicyclic) bond motifs is 1. The molecule has 0 aliphatic heterocycles. The van der Waals surface area contributed by atoms with Crippen LogP contribution in [0.2, 0.25) is 0 Å². The van der Waals surface area contributed by atoms with Gasteiger partial charge in [-0.05, 0) is 59.0 Å². The van der Waals surface area contributed by atoms with Crippen LogP contribution in [-0.4, -0.2) is 26.4 Å². The minimum Gasteiger partial charge on any atom is -0.481 e. The van der Waals surface area contributed by atoms with Crippen molar-refractivity contribution < 1.29 is 9.90 Å². The number of carboxylic acids is 1. The lowest BCUT2D eigenvalue weighted by molar-refractivity contribution is -0.133. The van der Waals surface area contributed by atoms with Gasteiger partial charge in [0.05, 0.1) is 16.8 Å². The molecular formula is C15H17IN2O2S. The Morgan fingerprint density at radius 2 is 2.29 bits per heavy atom. The van der Waals surface area contributed by atoms with Crippen LogP contribution < -0.4 is 0 Å². The molecule has 0 spiro atoms. The average molecular weight is 416 g/mol. The Kier molecular flexibility index (Phi) is 4.18. The van der Waals surface area contributed by atoms with Crippen molar-refractivity contribution in [3.8, 4) is 0 Å². The zero-order valence-corrected chi connectivity index (χ0v) is 14.8. The first-order valence-corrected chi connectivity index (χ1v) is 9.04. The highest BCUT2D eigenvalue weighted by atomic mass is 127. The number of carboxylic acid groups (broad SMARTS) is 1. The Morgan fingerprint density at radius 1 is 1.52 bits per heavy atom. The van der Waals surface area contributed by atoms with Crippen LogP contribution in [0.15, 0.2) is 23.4 Å². The van der Waals surface area contributed by atoms with Gasteiger partial charge in [0.1, 0.15) is 0 Å². The Bertz CT molecular complexity index is 694. The van der Waals surface area contributed by atoms with Gasteiger partial charge in [0.2, 0.25) is 0 Å². The first-order chi connectivity index (χ1) is 9.97. The molecule has 0 unspecified atom stereocenters. The fourth-order valence-corrected chi connectivity index (χ4v) is 4.00. The average Bonchev–Trinajstić information content (AvgIpc) is 2.71. The molecule has 0 atom stereocenters. The Morgan fingerprint density at radius 3 is 2.90 bits per heavy atom. The fraction of sp³-hybridized carbons (Fsp3) is 0.467. The summed E-state index contributed by atoms with van der Waals surface area (Å²) in [5, 5.41) is 9.74. The van der Waals surface area contributed by atoms with E-state index in [-0.39, 0.29) is 5.75 Å². The van der Waals surface area contributed by atoms with Gasteiger partial charge in [-0.3, -0.25) is 4.79 Å². The summed E-state index contributed by atoms with van der Waals surface area (Å²) >= 11 is 3.59. The van der Waals surface area contributed by atoms with Gasteiger partial charge in [-0.15, -0.1) is 0 Å². The van der Waals surface area contributed by atoms with E-state index in [1.165, 1.54) is 31.0 Å². The van der Waals surface area contributed by atoms with Crippen LogP contribution >= 0.6 is 34.4 Å². The Labute approximate surface area is 141 Å². The van der Waals surface area contributed by atoms with Gasteiger partial charge >= 0.3 is 5.97 Å². The highest BCUT2D eigenvalue weighted by molar-refractivity contribution is 14.1. The molecule has 3 rings (SSSR count). The molecule has 2 aromatic rings. The van der Waals surface area contributed by atoms with Crippen molar-refractivity contribution in [2.75, 3.05) is 5.75 Å². The minimum atomic E-state index is -0.803. The van der Waals surface area contributed by atoms with Gasteiger partial charge in [-0.2, -0.15) is 0 Å². The van der Waals surface area contributed by atoms with Crippen LogP contribution in [0.25, 0.3) is 11.0 Å². The maximum absolute atomic E-state index is 10.8. The van der Waals surface area contributed by atoms with E-state index in [1.54, 1.807) is 0 Å². The van der Waals surface area contributed by atoms with Gasteiger partial charge in [-0.1, -0.05) is 25.1 Å². The smallest absolute Gasteiger partial charge is 0.313 e. The molecule has 6 heteroatoms. The van der Waals surface area contributed by atoms with Crippen molar-refractivity contribution in [3.63, 3.8) is 0 Å². The monoisotopic (exact) mass is 416 g/mol. The molecule has 1 aromatic carbocycles. The number of aromatic nitrogens is 2. The number of halogens is 1. The van der Waals surface area contributed by atoms with Gasteiger partial charge < -0.3 is 9.67 Å². The van der Waals surface area contributed by atoms with E-state index in [0.717, 1.165) is 26.3 Å². The molecule has 1 N–H and O–H groups in total. The van der Waals surface area contributed by atoms with Crippen molar-refractivity contribution >= 4 is 51.4 Å². The largest absolute Gasteiger partial charge is 0.481 e. The second kappa shape index (κ2) is 5.79. The van der Waals surface area contributed by atoms with Gasteiger partial charge in [-0.25, -0.2) is 4.98 Å². The van der Waals surface area contributed by atoms with Crippen LogP contribution in [-0.2, 0) is 11.3 Å². The van der Waals surface area contributed by atoms with Crippen molar-refractivity contribution in [3.05, 3.63) is 21.8 Å². The number of rotatable bonds is 5. The van der Waals surface area contributed by atoms with Crippen LogP contribution in [0.4, 0.5) is 0 Å². The molecule has 112 valence electrons. The number of carbonyl (C=O) groups is 1. The fourth-order valence-electron chi connectivity index (χ4n) is 2.79. The lowest BCUT2D eigenvalue weighted by Crippen LogP contribution is -2.31. The van der Waals surface area contributed by atoms with Crippen molar-refractivity contribution in [1.29, 1.82) is 0 Å². The predicted octanol–water partition coefficient (Wildman–Crippen LogP) is 4.01. The Hall–Kier alpha value is -0.760. The summed E-state index contributed by atoms with van der Waals surface area (Å²) in [7, 11) is 0. The van der Waals surface area contributed by atoms with E-state index >= 15 is 0 Å². The third-order valence-corrected chi connectivity index (χ3v) is 5.73. The van der Waals surface area contributed by atoms with E-state index in [2.05, 4.69) is 57.3 Å². The lowest BCUT2D eigenvalue weighted by atomic mass is 9.70. The van der Waals surface area contributed by atoms with Gasteiger partial charge in [0.15, 0.2) is 5.16 Å². The lowest BCUT2D eigenvalue weighted by Gasteiger charge is -2.39. The Balaban J connectivity index is 1.99. The first kappa shape index (κ1) is 15.1. The summed E-state index contributed by atoms with van der Waals surface area (Å²) in [6, 6.07) is 6.23. The third-order valence-electron chi connectivity index (χ3n) is 4.10. The molecule has 0 amide bonds. The molecule has 1 aliphatic carbocycles. The normalized spacial score (nSPS) is 16.9. The van der Waals surface area contributed by atoms with Gasteiger partial charge in [0.25, 0.3) is 0 Å². The summed E-state index contributed by atoms with van der Waals surface area (Å²) < 4.78 is 3.35. The van der Waals surface area contributed by atoms with Gasteiger partial charge in [0, 0.05) is 10.1 Å². The molecule has 1 heterocycles. The summed E-state index contributed by atoms with van der Waals surface area (Å²) in [5.41, 5.74) is 2.39. The van der Waals surface area contributed by atoms with Crippen LogP contribution in [0.3, 0.4) is 0 Å². The second-order valence-electron chi connectivity index (χ2n) is 5.96. The molecule has 0 radical (unpaired) electrons. The summed E-state index contributed by atoms with van der Waals surface area (Å²) in [6.45, 7) is 3.23. The van der Waals surface area contributed by atoms with E-state index in [9.17, 15) is 4.79 Å². The summed E-state index contributed by atoms with van der Waals surface area (Å²) in [5.74, 6) is -0.750. The second-order valence-corrected chi connectivity index (χ2v) is 8.15. The molecule has 0 saturated heterocycles. The van der Waals surface area contributed by atoms with E-state index in [4.69, 9.17) is 5.11 Å². The zero-order valence-electron chi connectivity index (χ0n) is 11.8. The van der Waals surface area contributed by atoms with Crippen molar-refractivity contribution in [2.45, 2.75) is 37.9 Å². The quantitative estimate of drug-likeness (QED) is 0.591. The number of aliphatic carboxylic acids is 1. The predicted molar refractivity (Wildman–Crippen MR) is 92.8 cm³/mol. The zero-order chi connectivity index (χ0) is 15.0. The minimum absolute atomic E-state index is 0.0527. The molecule has 1 aromatic heterocycles. The van der Waals surface area contributed by atoms with E-state index in [0.29, 0.717) is 5.41 Å². The van der Waals surface area contributed by atoms with Crippen LogP contribution in [0.1, 0.15) is 26.2 Å². The molecule has 1 fully saturated rings. The number of imidazole rings is 1. The van der Waals surface area contributed by atoms with Crippen molar-refractivity contribution in [2.24, 2.45) is 5.41 Å². The molecule has 0 bridgehead atoms. The molecular weight excluding hydrogens is 399 g/mol. The van der Waals surface area contributed by atoms with Crippen LogP contribution in [0.5, 0.6) is 0 Å². The third kappa shape index (κ3) is 3.21. The molecule has 1 aliphatic rings. The van der Waals surface area contributed by atoms with Crippen molar-refractivity contribution in [1.82, 2.24) is 9.55 Å². The number of benzene rings is 1. The number of thioether (sulfide) groups is 1. The number of hydrogen-bond donors (Lipinski definition) is 1. The number of nitrogens with zero attached hydrogens (tertiary/aromatic N) is 2. The summed E-state index contributed by atoms with van der Waals surface area (Å²) in [4.78, 5) is 15.5. The highest BCUT2D eigenvalue weighted by Crippen LogP contribution is 2.43. The first-order valence-electron chi connectivity index (χ1n) is 6.97. The maximum Gasteiger partial charge on any atom is 0.313 e. The van der Waals surface area contributed by atoms with E-state index < -0.39 is 5.97 Å². The molecule has 1 saturated carbocycles. The molecule has 21 heavy (non-hydrogen) atoms.